The normalized spacial score (nSPS) is 10.3. The molecule has 0 aliphatic carbocycles. The van der Waals surface area contributed by atoms with Gasteiger partial charge in [0.1, 0.15) is 17.3 Å². The Morgan fingerprint density at radius 1 is 0.903 bits per heavy atom. The van der Waals surface area contributed by atoms with Gasteiger partial charge in [-0.1, -0.05) is 12.1 Å². The highest BCUT2D eigenvalue weighted by Gasteiger charge is 2.18. The van der Waals surface area contributed by atoms with E-state index >= 15 is 0 Å². The highest BCUT2D eigenvalue weighted by atomic mass is 32.1. The summed E-state index contributed by atoms with van der Waals surface area (Å²) in [5, 5.41) is 3.78. The number of nitrogens with one attached hydrogen (secondary N) is 1. The number of hydrogen-bond acceptors (Lipinski definition) is 6. The molecule has 0 fully saturated rings. The Balaban J connectivity index is 1.88. The van der Waals surface area contributed by atoms with E-state index in [2.05, 4.69) is 5.32 Å². The SMILES string of the molecule is COc1ccc(NC(=S)N(Cc2ccco2)Cc2cccc(OC)c2OC)c(OC)c1. The minimum absolute atomic E-state index is 0.470. The number of thiocarbonyl (C=S) groups is 1. The third kappa shape index (κ3) is 5.40. The second kappa shape index (κ2) is 10.6. The van der Waals surface area contributed by atoms with E-state index in [-0.39, 0.29) is 0 Å². The van der Waals surface area contributed by atoms with E-state index in [1.54, 1.807) is 40.8 Å². The zero-order valence-electron chi connectivity index (χ0n) is 18.0. The van der Waals surface area contributed by atoms with E-state index in [4.69, 9.17) is 35.6 Å². The molecule has 0 aliphatic rings. The van der Waals surface area contributed by atoms with Crippen molar-refractivity contribution < 1.29 is 23.4 Å². The number of methoxy groups -OCH3 is 4. The number of para-hydroxylation sites is 1. The summed E-state index contributed by atoms with van der Waals surface area (Å²) in [7, 11) is 6.45. The Kier molecular flexibility index (Phi) is 7.61. The van der Waals surface area contributed by atoms with Gasteiger partial charge in [-0.15, -0.1) is 0 Å². The molecule has 3 aromatic rings. The van der Waals surface area contributed by atoms with Crippen LogP contribution in [0.1, 0.15) is 11.3 Å². The van der Waals surface area contributed by atoms with Crippen molar-refractivity contribution in [3.63, 3.8) is 0 Å². The Hall–Kier alpha value is -3.39. The van der Waals surface area contributed by atoms with E-state index in [9.17, 15) is 0 Å². The number of nitrogens with zero attached hydrogens (tertiary/aromatic N) is 1. The highest BCUT2D eigenvalue weighted by Crippen LogP contribution is 2.33. The van der Waals surface area contributed by atoms with Crippen LogP contribution in [-0.4, -0.2) is 38.5 Å². The highest BCUT2D eigenvalue weighted by molar-refractivity contribution is 7.80. The molecule has 0 spiro atoms. The molecule has 31 heavy (non-hydrogen) atoms. The van der Waals surface area contributed by atoms with Crippen molar-refractivity contribution in [3.05, 3.63) is 66.1 Å². The molecule has 0 aliphatic heterocycles. The molecular weight excluding hydrogens is 416 g/mol. The van der Waals surface area contributed by atoms with Crippen LogP contribution in [0.5, 0.6) is 23.0 Å². The quantitative estimate of drug-likeness (QED) is 0.478. The molecule has 0 radical (unpaired) electrons. The second-order valence-electron chi connectivity index (χ2n) is 6.58. The number of rotatable bonds is 9. The van der Waals surface area contributed by atoms with Crippen LogP contribution in [0.4, 0.5) is 5.69 Å². The minimum atomic E-state index is 0.470. The van der Waals surface area contributed by atoms with Crippen molar-refractivity contribution in [3.8, 4) is 23.0 Å². The lowest BCUT2D eigenvalue weighted by Gasteiger charge is -2.27. The molecule has 1 heterocycles. The van der Waals surface area contributed by atoms with Crippen molar-refractivity contribution in [2.24, 2.45) is 0 Å². The molecule has 2 aromatic carbocycles. The Labute approximate surface area is 187 Å². The molecule has 7 nitrogen and oxygen atoms in total. The van der Waals surface area contributed by atoms with Crippen molar-refractivity contribution in [2.45, 2.75) is 13.1 Å². The first-order valence-electron chi connectivity index (χ1n) is 9.59. The monoisotopic (exact) mass is 442 g/mol. The molecule has 0 saturated heterocycles. The van der Waals surface area contributed by atoms with E-state index < -0.39 is 0 Å². The minimum Gasteiger partial charge on any atom is -0.497 e. The van der Waals surface area contributed by atoms with Crippen molar-refractivity contribution >= 4 is 23.0 Å². The fraction of sp³-hybridized carbons (Fsp3) is 0.261. The van der Waals surface area contributed by atoms with Crippen LogP contribution in [-0.2, 0) is 13.1 Å². The van der Waals surface area contributed by atoms with Crippen LogP contribution >= 0.6 is 12.2 Å². The summed E-state index contributed by atoms with van der Waals surface area (Å²) in [5.41, 5.74) is 1.66. The standard InChI is InChI=1S/C23H26N2O5S/c1-26-17-10-11-19(21(13-17)28-3)24-23(31)25(15-18-8-6-12-30-18)14-16-7-5-9-20(27-2)22(16)29-4/h5-13H,14-15H2,1-4H3,(H,24,31). The number of furan rings is 1. The van der Waals surface area contributed by atoms with E-state index in [1.165, 1.54) is 0 Å². The van der Waals surface area contributed by atoms with Crippen LogP contribution in [0.15, 0.2) is 59.2 Å². The molecular formula is C23H26N2O5S. The summed E-state index contributed by atoms with van der Waals surface area (Å²) < 4.78 is 27.3. The number of ether oxygens (including phenoxy) is 4. The average molecular weight is 443 g/mol. The lowest BCUT2D eigenvalue weighted by atomic mass is 10.1. The van der Waals surface area contributed by atoms with Crippen LogP contribution in [0.3, 0.4) is 0 Å². The van der Waals surface area contributed by atoms with Gasteiger partial charge in [0.2, 0.25) is 0 Å². The van der Waals surface area contributed by atoms with Crippen molar-refractivity contribution in [2.75, 3.05) is 33.8 Å². The zero-order chi connectivity index (χ0) is 22.2. The Bertz CT molecular complexity index is 1010. The van der Waals surface area contributed by atoms with Gasteiger partial charge < -0.3 is 33.6 Å². The smallest absolute Gasteiger partial charge is 0.174 e. The first-order chi connectivity index (χ1) is 15.1. The first-order valence-corrected chi connectivity index (χ1v) is 10.0. The van der Waals surface area contributed by atoms with Gasteiger partial charge >= 0.3 is 0 Å². The molecule has 1 N–H and O–H groups in total. The topological polar surface area (TPSA) is 65.3 Å². The second-order valence-corrected chi connectivity index (χ2v) is 6.97. The van der Waals surface area contributed by atoms with Crippen molar-refractivity contribution in [1.82, 2.24) is 4.90 Å². The van der Waals surface area contributed by atoms with Gasteiger partial charge in [-0.2, -0.15) is 0 Å². The van der Waals surface area contributed by atoms with E-state index in [0.717, 1.165) is 17.0 Å². The Morgan fingerprint density at radius 3 is 2.35 bits per heavy atom. The molecule has 0 saturated carbocycles. The summed E-state index contributed by atoms with van der Waals surface area (Å²) in [6.45, 7) is 0.947. The number of anilines is 1. The van der Waals surface area contributed by atoms with Gasteiger partial charge in [-0.3, -0.25) is 0 Å². The van der Waals surface area contributed by atoms with E-state index in [0.29, 0.717) is 41.2 Å². The molecule has 3 rings (SSSR count). The first kappa shape index (κ1) is 22.3. The molecule has 0 atom stereocenters. The lowest BCUT2D eigenvalue weighted by molar-refractivity contribution is 0.331. The zero-order valence-corrected chi connectivity index (χ0v) is 18.8. The van der Waals surface area contributed by atoms with Gasteiger partial charge in [0.05, 0.1) is 46.9 Å². The largest absolute Gasteiger partial charge is 0.497 e. The summed E-state index contributed by atoms with van der Waals surface area (Å²) in [6, 6.07) is 15.0. The average Bonchev–Trinajstić information content (AvgIpc) is 3.31. The van der Waals surface area contributed by atoms with Gasteiger partial charge in [0, 0.05) is 18.2 Å². The number of benzene rings is 2. The molecule has 8 heteroatoms. The maximum absolute atomic E-state index is 5.75. The summed E-state index contributed by atoms with van der Waals surface area (Å²) in [4.78, 5) is 1.98. The van der Waals surface area contributed by atoms with Gasteiger partial charge in [-0.25, -0.2) is 0 Å². The van der Waals surface area contributed by atoms with Crippen LogP contribution < -0.4 is 24.3 Å². The summed E-state index contributed by atoms with van der Waals surface area (Å²) in [5.74, 6) is 3.43. The molecule has 0 unspecified atom stereocenters. The third-order valence-electron chi connectivity index (χ3n) is 4.71. The van der Waals surface area contributed by atoms with Gasteiger partial charge in [0.25, 0.3) is 0 Å². The molecule has 1 aromatic heterocycles. The summed E-state index contributed by atoms with van der Waals surface area (Å²) >= 11 is 5.75. The van der Waals surface area contributed by atoms with Crippen LogP contribution in [0.25, 0.3) is 0 Å². The fourth-order valence-electron chi connectivity index (χ4n) is 3.17. The van der Waals surface area contributed by atoms with Crippen LogP contribution in [0, 0.1) is 0 Å². The fourth-order valence-corrected chi connectivity index (χ4v) is 3.41. The molecule has 164 valence electrons. The Morgan fingerprint density at radius 2 is 1.71 bits per heavy atom. The van der Waals surface area contributed by atoms with Crippen LogP contribution in [0.2, 0.25) is 0 Å². The number of hydrogen-bond donors (Lipinski definition) is 1. The maximum Gasteiger partial charge on any atom is 0.174 e. The lowest BCUT2D eigenvalue weighted by Crippen LogP contribution is -2.34. The third-order valence-corrected chi connectivity index (χ3v) is 5.07. The van der Waals surface area contributed by atoms with Gasteiger partial charge in [-0.05, 0) is 42.5 Å². The predicted molar refractivity (Wildman–Crippen MR) is 123 cm³/mol. The predicted octanol–water partition coefficient (Wildman–Crippen LogP) is 4.71. The maximum atomic E-state index is 5.75. The molecule has 0 bridgehead atoms. The van der Waals surface area contributed by atoms with Gasteiger partial charge in [0.15, 0.2) is 16.6 Å². The molecule has 0 amide bonds. The summed E-state index contributed by atoms with van der Waals surface area (Å²) in [6.07, 6.45) is 1.64. The van der Waals surface area contributed by atoms with Crippen molar-refractivity contribution in [1.29, 1.82) is 0 Å². The van der Waals surface area contributed by atoms with E-state index in [1.807, 2.05) is 47.4 Å².